The van der Waals surface area contributed by atoms with Crippen molar-refractivity contribution in [1.29, 1.82) is 0 Å². The Morgan fingerprint density at radius 2 is 2.19 bits per heavy atom. The number of aryl methyl sites for hydroxylation is 1. The van der Waals surface area contributed by atoms with Crippen molar-refractivity contribution in [3.63, 3.8) is 0 Å². The molecule has 0 radical (unpaired) electrons. The predicted octanol–water partition coefficient (Wildman–Crippen LogP) is 4.28. The van der Waals surface area contributed by atoms with Crippen LogP contribution in [0.25, 0.3) is 0 Å². The molecule has 2 rings (SSSR count). The molecule has 0 aliphatic heterocycles. The zero-order valence-corrected chi connectivity index (χ0v) is 10.8. The molecule has 1 atom stereocenters. The van der Waals surface area contributed by atoms with Crippen LogP contribution in [0, 0.1) is 6.92 Å². The van der Waals surface area contributed by atoms with E-state index in [1.165, 1.54) is 4.88 Å². The van der Waals surface area contributed by atoms with Crippen molar-refractivity contribution in [2.75, 3.05) is 5.32 Å². The number of thiophene rings is 1. The minimum atomic E-state index is 0.293. The first-order valence-electron chi connectivity index (χ1n) is 5.10. The molecule has 16 heavy (non-hydrogen) atoms. The smallest absolute Gasteiger partial charge is 0.129 e. The minimum Gasteiger partial charge on any atom is -0.376 e. The fraction of sp³-hybridized carbons (Fsp3) is 0.250. The normalized spacial score (nSPS) is 12.4. The van der Waals surface area contributed by atoms with E-state index in [1.807, 2.05) is 13.0 Å². The lowest BCUT2D eigenvalue weighted by Gasteiger charge is -2.15. The molecule has 0 aromatic carbocycles. The summed E-state index contributed by atoms with van der Waals surface area (Å²) in [6.45, 7) is 4.09. The number of hydrogen-bond acceptors (Lipinski definition) is 3. The van der Waals surface area contributed by atoms with Gasteiger partial charge in [0, 0.05) is 4.88 Å². The maximum absolute atomic E-state index is 5.82. The van der Waals surface area contributed by atoms with Crippen molar-refractivity contribution < 1.29 is 0 Å². The molecule has 0 saturated carbocycles. The van der Waals surface area contributed by atoms with Crippen molar-refractivity contribution in [2.24, 2.45) is 0 Å². The van der Waals surface area contributed by atoms with Crippen molar-refractivity contribution in [2.45, 2.75) is 19.9 Å². The Bertz CT molecular complexity index is 468. The van der Waals surface area contributed by atoms with Gasteiger partial charge in [-0.25, -0.2) is 4.98 Å². The largest absolute Gasteiger partial charge is 0.376 e. The molecule has 4 heteroatoms. The van der Waals surface area contributed by atoms with Crippen LogP contribution in [-0.2, 0) is 0 Å². The van der Waals surface area contributed by atoms with E-state index in [2.05, 4.69) is 34.7 Å². The molecule has 1 unspecified atom stereocenters. The maximum atomic E-state index is 5.82. The summed E-state index contributed by atoms with van der Waals surface area (Å²) < 4.78 is 0. The van der Waals surface area contributed by atoms with Crippen molar-refractivity contribution >= 4 is 28.6 Å². The highest BCUT2D eigenvalue weighted by Gasteiger charge is 2.08. The predicted molar refractivity (Wildman–Crippen MR) is 70.3 cm³/mol. The zero-order chi connectivity index (χ0) is 11.5. The van der Waals surface area contributed by atoms with Crippen LogP contribution in [0.1, 0.15) is 23.5 Å². The molecule has 2 aromatic heterocycles. The van der Waals surface area contributed by atoms with Crippen LogP contribution < -0.4 is 5.32 Å². The van der Waals surface area contributed by atoms with Crippen LogP contribution in [0.4, 0.5) is 5.69 Å². The summed E-state index contributed by atoms with van der Waals surface area (Å²) >= 11 is 7.57. The molecule has 0 amide bonds. The zero-order valence-electron chi connectivity index (χ0n) is 9.20. The van der Waals surface area contributed by atoms with Crippen molar-refractivity contribution in [3.8, 4) is 0 Å². The van der Waals surface area contributed by atoms with Gasteiger partial charge in [0.25, 0.3) is 0 Å². The average molecular weight is 253 g/mol. The summed E-state index contributed by atoms with van der Waals surface area (Å²) in [7, 11) is 0. The number of nitrogens with zero attached hydrogens (tertiary/aromatic N) is 1. The van der Waals surface area contributed by atoms with Crippen LogP contribution in [0.2, 0.25) is 5.15 Å². The van der Waals surface area contributed by atoms with E-state index in [0.29, 0.717) is 11.2 Å². The summed E-state index contributed by atoms with van der Waals surface area (Å²) in [6, 6.07) is 8.25. The van der Waals surface area contributed by atoms with Gasteiger partial charge >= 0.3 is 0 Å². The quantitative estimate of drug-likeness (QED) is 0.825. The van der Waals surface area contributed by atoms with Gasteiger partial charge in [-0.3, -0.25) is 0 Å². The van der Waals surface area contributed by atoms with Crippen molar-refractivity contribution in [3.05, 3.63) is 45.4 Å². The van der Waals surface area contributed by atoms with Gasteiger partial charge < -0.3 is 5.32 Å². The number of hydrogen-bond donors (Lipinski definition) is 1. The van der Waals surface area contributed by atoms with Crippen LogP contribution in [0.3, 0.4) is 0 Å². The van der Waals surface area contributed by atoms with Gasteiger partial charge in [-0.15, -0.1) is 11.3 Å². The third-order valence-electron chi connectivity index (χ3n) is 2.39. The molecular weight excluding hydrogens is 240 g/mol. The Morgan fingerprint density at radius 1 is 1.38 bits per heavy atom. The lowest BCUT2D eigenvalue weighted by molar-refractivity contribution is 0.901. The van der Waals surface area contributed by atoms with E-state index in [-0.39, 0.29) is 0 Å². The van der Waals surface area contributed by atoms with Gasteiger partial charge in [0.2, 0.25) is 0 Å². The Hall–Kier alpha value is -1.06. The number of halogens is 1. The molecule has 0 fully saturated rings. The Morgan fingerprint density at radius 3 is 2.81 bits per heavy atom. The summed E-state index contributed by atoms with van der Waals surface area (Å²) in [5.41, 5.74) is 1.96. The van der Waals surface area contributed by atoms with Gasteiger partial charge in [-0.1, -0.05) is 17.7 Å². The second-order valence-electron chi connectivity index (χ2n) is 3.65. The summed E-state index contributed by atoms with van der Waals surface area (Å²) in [5, 5.41) is 6.05. The Labute approximate surface area is 104 Å². The molecule has 2 heterocycles. The molecule has 0 spiro atoms. The van der Waals surface area contributed by atoms with E-state index < -0.39 is 0 Å². The van der Waals surface area contributed by atoms with Crippen LogP contribution in [-0.4, -0.2) is 4.98 Å². The van der Waals surface area contributed by atoms with Crippen LogP contribution in [0.15, 0.2) is 29.6 Å². The Kier molecular flexibility index (Phi) is 3.46. The van der Waals surface area contributed by atoms with Gasteiger partial charge in [0.1, 0.15) is 5.15 Å². The fourth-order valence-electron chi connectivity index (χ4n) is 1.53. The SMILES string of the molecule is Cc1nc(Cl)ccc1NC(C)c1cccs1. The highest BCUT2D eigenvalue weighted by atomic mass is 35.5. The second-order valence-corrected chi connectivity index (χ2v) is 5.01. The molecule has 0 aliphatic carbocycles. The first-order valence-corrected chi connectivity index (χ1v) is 6.35. The number of nitrogens with one attached hydrogen (secondary N) is 1. The van der Waals surface area contributed by atoms with E-state index in [9.17, 15) is 0 Å². The number of pyridine rings is 1. The van der Waals surface area contributed by atoms with E-state index in [1.54, 1.807) is 17.4 Å². The highest BCUT2D eigenvalue weighted by molar-refractivity contribution is 7.10. The molecule has 0 saturated heterocycles. The highest BCUT2D eigenvalue weighted by Crippen LogP contribution is 2.24. The molecule has 1 N–H and O–H groups in total. The third-order valence-corrected chi connectivity index (χ3v) is 3.66. The lowest BCUT2D eigenvalue weighted by atomic mass is 10.2. The molecule has 0 bridgehead atoms. The molecule has 84 valence electrons. The third kappa shape index (κ3) is 2.54. The monoisotopic (exact) mass is 252 g/mol. The maximum Gasteiger partial charge on any atom is 0.129 e. The Balaban J connectivity index is 2.15. The number of anilines is 1. The van der Waals surface area contributed by atoms with E-state index in [0.717, 1.165) is 11.4 Å². The van der Waals surface area contributed by atoms with Crippen LogP contribution in [0.5, 0.6) is 0 Å². The fourth-order valence-corrected chi connectivity index (χ4v) is 2.45. The lowest BCUT2D eigenvalue weighted by Crippen LogP contribution is -2.06. The van der Waals surface area contributed by atoms with E-state index in [4.69, 9.17) is 11.6 Å². The molecule has 0 aliphatic rings. The summed E-state index contributed by atoms with van der Waals surface area (Å²) in [5.74, 6) is 0. The van der Waals surface area contributed by atoms with E-state index >= 15 is 0 Å². The van der Waals surface area contributed by atoms with Gasteiger partial charge in [0.15, 0.2) is 0 Å². The molecule has 2 aromatic rings. The molecule has 2 nitrogen and oxygen atoms in total. The average Bonchev–Trinajstić information content (AvgIpc) is 2.75. The number of aromatic nitrogens is 1. The standard InChI is InChI=1S/C12H13ClN2S/c1-8-10(5-6-12(13)15-8)14-9(2)11-4-3-7-16-11/h3-7,9,14H,1-2H3. The second kappa shape index (κ2) is 4.85. The summed E-state index contributed by atoms with van der Waals surface area (Å²) in [4.78, 5) is 5.53. The molecular formula is C12H13ClN2S. The first-order chi connectivity index (χ1) is 7.66. The van der Waals surface area contributed by atoms with Crippen LogP contribution >= 0.6 is 22.9 Å². The van der Waals surface area contributed by atoms with Gasteiger partial charge in [0.05, 0.1) is 17.4 Å². The topological polar surface area (TPSA) is 24.9 Å². The number of rotatable bonds is 3. The minimum absolute atomic E-state index is 0.293. The summed E-state index contributed by atoms with van der Waals surface area (Å²) in [6.07, 6.45) is 0. The first kappa shape index (κ1) is 11.4. The van der Waals surface area contributed by atoms with Gasteiger partial charge in [-0.2, -0.15) is 0 Å². The van der Waals surface area contributed by atoms with Crippen molar-refractivity contribution in [1.82, 2.24) is 4.98 Å². The van der Waals surface area contributed by atoms with Gasteiger partial charge in [-0.05, 0) is 37.4 Å².